The Kier molecular flexibility index (Phi) is 5.38. The number of rotatable bonds is 4. The van der Waals surface area contributed by atoms with Gasteiger partial charge in [-0.15, -0.1) is 0 Å². The Labute approximate surface area is 173 Å². The fourth-order valence-electron chi connectivity index (χ4n) is 3.21. The largest absolute Gasteiger partial charge is 0.310 e. The van der Waals surface area contributed by atoms with E-state index in [4.69, 9.17) is 11.6 Å². The SMILES string of the molecule is O=C1C[C@@H](c2cccc(F)c2F)c2c(nc(SCc3ccc(Cl)cc3)[nH]c2=O)N1. The van der Waals surface area contributed by atoms with E-state index in [1.54, 1.807) is 12.1 Å². The quantitative estimate of drug-likeness (QED) is 0.470. The number of anilines is 1. The molecule has 1 aromatic heterocycles. The third kappa shape index (κ3) is 4.04. The van der Waals surface area contributed by atoms with Crippen LogP contribution in [0.2, 0.25) is 5.02 Å². The average Bonchev–Trinajstić information content (AvgIpc) is 2.69. The van der Waals surface area contributed by atoms with Crippen molar-refractivity contribution in [2.24, 2.45) is 0 Å². The van der Waals surface area contributed by atoms with Gasteiger partial charge < -0.3 is 10.3 Å². The molecule has 0 saturated heterocycles. The molecule has 4 rings (SSSR count). The first kappa shape index (κ1) is 19.6. The molecule has 0 unspecified atom stereocenters. The van der Waals surface area contributed by atoms with Gasteiger partial charge in [-0.25, -0.2) is 13.8 Å². The average molecular weight is 434 g/mol. The van der Waals surface area contributed by atoms with E-state index in [-0.39, 0.29) is 23.4 Å². The summed E-state index contributed by atoms with van der Waals surface area (Å²) in [6, 6.07) is 10.9. The summed E-state index contributed by atoms with van der Waals surface area (Å²) in [5.74, 6) is -2.85. The molecule has 0 spiro atoms. The van der Waals surface area contributed by atoms with Crippen LogP contribution in [-0.2, 0) is 10.5 Å². The third-order valence-electron chi connectivity index (χ3n) is 4.58. The molecule has 1 aliphatic heterocycles. The lowest BCUT2D eigenvalue weighted by Crippen LogP contribution is -2.31. The molecule has 0 bridgehead atoms. The normalized spacial score (nSPS) is 15.7. The van der Waals surface area contributed by atoms with Crippen LogP contribution < -0.4 is 10.9 Å². The topological polar surface area (TPSA) is 74.8 Å². The van der Waals surface area contributed by atoms with Crippen molar-refractivity contribution in [3.05, 3.63) is 86.2 Å². The number of halogens is 3. The van der Waals surface area contributed by atoms with Gasteiger partial charge in [0.1, 0.15) is 5.82 Å². The van der Waals surface area contributed by atoms with Gasteiger partial charge in [0.25, 0.3) is 5.56 Å². The van der Waals surface area contributed by atoms with E-state index in [1.807, 2.05) is 12.1 Å². The molecule has 2 heterocycles. The zero-order chi connectivity index (χ0) is 20.5. The Balaban J connectivity index is 1.68. The van der Waals surface area contributed by atoms with E-state index in [1.165, 1.54) is 23.9 Å². The van der Waals surface area contributed by atoms with Crippen LogP contribution in [0.3, 0.4) is 0 Å². The van der Waals surface area contributed by atoms with Gasteiger partial charge >= 0.3 is 0 Å². The van der Waals surface area contributed by atoms with Gasteiger partial charge in [-0.05, 0) is 29.3 Å². The number of hydrogen-bond donors (Lipinski definition) is 2. The number of carbonyl (C=O) groups excluding carboxylic acids is 1. The molecule has 3 aromatic rings. The second-order valence-electron chi connectivity index (χ2n) is 6.50. The maximum absolute atomic E-state index is 14.3. The summed E-state index contributed by atoms with van der Waals surface area (Å²) in [5, 5.41) is 3.50. The van der Waals surface area contributed by atoms with Crippen LogP contribution in [0.15, 0.2) is 52.4 Å². The van der Waals surface area contributed by atoms with Gasteiger partial charge in [0, 0.05) is 23.1 Å². The van der Waals surface area contributed by atoms with Crippen molar-refractivity contribution < 1.29 is 13.6 Å². The van der Waals surface area contributed by atoms with Crippen LogP contribution in [0.4, 0.5) is 14.6 Å². The maximum atomic E-state index is 14.3. The second-order valence-corrected chi connectivity index (χ2v) is 7.90. The number of aromatic nitrogens is 2. The first-order valence-electron chi connectivity index (χ1n) is 8.67. The third-order valence-corrected chi connectivity index (χ3v) is 5.77. The summed E-state index contributed by atoms with van der Waals surface area (Å²) >= 11 is 7.15. The highest BCUT2D eigenvalue weighted by Gasteiger charge is 2.33. The van der Waals surface area contributed by atoms with E-state index in [0.717, 1.165) is 11.6 Å². The van der Waals surface area contributed by atoms with E-state index in [2.05, 4.69) is 15.3 Å². The predicted octanol–water partition coefficient (Wildman–Crippen LogP) is 4.47. The molecule has 1 atom stereocenters. The molecule has 0 saturated carbocycles. The van der Waals surface area contributed by atoms with Gasteiger partial charge in [-0.2, -0.15) is 0 Å². The highest BCUT2D eigenvalue weighted by Crippen LogP contribution is 2.36. The monoisotopic (exact) mass is 433 g/mol. The molecule has 5 nitrogen and oxygen atoms in total. The fourth-order valence-corrected chi connectivity index (χ4v) is 4.15. The maximum Gasteiger partial charge on any atom is 0.257 e. The van der Waals surface area contributed by atoms with Crippen LogP contribution in [0, 0.1) is 11.6 Å². The molecule has 148 valence electrons. The van der Waals surface area contributed by atoms with E-state index in [0.29, 0.717) is 15.9 Å². The minimum atomic E-state index is -1.07. The number of amides is 1. The predicted molar refractivity (Wildman–Crippen MR) is 107 cm³/mol. The number of H-pyrrole nitrogens is 1. The minimum Gasteiger partial charge on any atom is -0.310 e. The van der Waals surface area contributed by atoms with Crippen LogP contribution in [0.25, 0.3) is 0 Å². The lowest BCUT2D eigenvalue weighted by Gasteiger charge is -2.24. The van der Waals surface area contributed by atoms with Crippen molar-refractivity contribution in [3.63, 3.8) is 0 Å². The van der Waals surface area contributed by atoms with Crippen molar-refractivity contribution in [3.8, 4) is 0 Å². The molecule has 1 aliphatic rings. The standard InChI is InChI=1S/C20H14ClF2N3O2S/c21-11-6-4-10(5-7-11)9-29-20-25-18-16(19(28)26-20)13(8-15(27)24-18)12-2-1-3-14(22)17(12)23/h1-7,13H,8-9H2,(H2,24,25,26,27,28)/t13-/m0/s1. The van der Waals surface area contributed by atoms with Crippen molar-refractivity contribution >= 4 is 35.1 Å². The highest BCUT2D eigenvalue weighted by molar-refractivity contribution is 7.98. The molecular weight excluding hydrogens is 420 g/mol. The fraction of sp³-hybridized carbons (Fsp3) is 0.150. The Morgan fingerprint density at radius 3 is 2.66 bits per heavy atom. The number of nitrogens with one attached hydrogen (secondary N) is 2. The second kappa shape index (κ2) is 7.96. The molecule has 0 aliphatic carbocycles. The van der Waals surface area contributed by atoms with Gasteiger partial charge in [0.15, 0.2) is 16.8 Å². The van der Waals surface area contributed by atoms with E-state index < -0.39 is 29.0 Å². The number of carbonyl (C=O) groups is 1. The summed E-state index contributed by atoms with van der Waals surface area (Å²) in [4.78, 5) is 31.9. The molecule has 1 amide bonds. The molecule has 0 radical (unpaired) electrons. The summed E-state index contributed by atoms with van der Waals surface area (Å²) in [6.07, 6.45) is -0.171. The van der Waals surface area contributed by atoms with Crippen LogP contribution in [0.1, 0.15) is 29.0 Å². The van der Waals surface area contributed by atoms with Crippen molar-refractivity contribution in [1.29, 1.82) is 0 Å². The van der Waals surface area contributed by atoms with Gasteiger partial charge in [-0.3, -0.25) is 9.59 Å². The van der Waals surface area contributed by atoms with Gasteiger partial charge in [0.05, 0.1) is 5.56 Å². The number of thioether (sulfide) groups is 1. The van der Waals surface area contributed by atoms with Crippen molar-refractivity contribution in [2.75, 3.05) is 5.32 Å². The Morgan fingerprint density at radius 1 is 1.14 bits per heavy atom. The lowest BCUT2D eigenvalue weighted by atomic mass is 9.86. The zero-order valence-electron chi connectivity index (χ0n) is 14.8. The molecule has 2 N–H and O–H groups in total. The Morgan fingerprint density at radius 2 is 1.90 bits per heavy atom. The molecule has 29 heavy (non-hydrogen) atoms. The first-order chi connectivity index (χ1) is 13.9. The lowest BCUT2D eigenvalue weighted by molar-refractivity contribution is -0.116. The van der Waals surface area contributed by atoms with E-state index in [9.17, 15) is 18.4 Å². The summed E-state index contributed by atoms with van der Waals surface area (Å²) in [7, 11) is 0. The molecule has 2 aromatic carbocycles. The first-order valence-corrected chi connectivity index (χ1v) is 10.0. The van der Waals surface area contributed by atoms with E-state index >= 15 is 0 Å². The number of benzene rings is 2. The van der Waals surface area contributed by atoms with Crippen molar-refractivity contribution in [1.82, 2.24) is 9.97 Å². The summed E-state index contributed by atoms with van der Waals surface area (Å²) in [5.41, 5.74) is 0.547. The molecule has 0 fully saturated rings. The van der Waals surface area contributed by atoms with Crippen LogP contribution >= 0.6 is 23.4 Å². The summed E-state index contributed by atoms with van der Waals surface area (Å²) < 4.78 is 28.0. The van der Waals surface area contributed by atoms with Gasteiger partial charge in [-0.1, -0.05) is 47.6 Å². The van der Waals surface area contributed by atoms with Crippen LogP contribution in [-0.4, -0.2) is 15.9 Å². The number of aromatic amines is 1. The number of fused-ring (bicyclic) bond motifs is 1. The Bertz CT molecular complexity index is 1150. The smallest absolute Gasteiger partial charge is 0.257 e. The zero-order valence-corrected chi connectivity index (χ0v) is 16.4. The number of hydrogen-bond acceptors (Lipinski definition) is 4. The molecule has 9 heteroatoms. The van der Waals surface area contributed by atoms with Crippen LogP contribution in [0.5, 0.6) is 0 Å². The number of nitrogens with zero attached hydrogens (tertiary/aromatic N) is 1. The minimum absolute atomic E-state index is 0.0463. The van der Waals surface area contributed by atoms with Crippen molar-refractivity contribution in [2.45, 2.75) is 23.2 Å². The molecular formula is C20H14ClF2N3O2S. The summed E-state index contributed by atoms with van der Waals surface area (Å²) in [6.45, 7) is 0. The Hall–Kier alpha value is -2.71. The highest BCUT2D eigenvalue weighted by atomic mass is 35.5. The van der Waals surface area contributed by atoms with Gasteiger partial charge in [0.2, 0.25) is 5.91 Å².